The Bertz CT molecular complexity index is 944. The van der Waals surface area contributed by atoms with Crippen LogP contribution in [0.1, 0.15) is 25.3 Å². The molecule has 1 saturated heterocycles. The average molecular weight is 444 g/mol. The van der Waals surface area contributed by atoms with Crippen molar-refractivity contribution in [2.75, 3.05) is 6.61 Å². The predicted molar refractivity (Wildman–Crippen MR) is 122 cm³/mol. The summed E-state index contributed by atoms with van der Waals surface area (Å²) in [4.78, 5) is 25.9. The minimum atomic E-state index is -0.964. The molecule has 0 saturated carbocycles. The van der Waals surface area contributed by atoms with Gasteiger partial charge in [-0.25, -0.2) is 4.39 Å². The van der Waals surface area contributed by atoms with Gasteiger partial charge >= 0.3 is 14.5 Å². The fourth-order valence-electron chi connectivity index (χ4n) is 4.22. The van der Waals surface area contributed by atoms with Crippen LogP contribution in [0.25, 0.3) is 11.1 Å². The van der Waals surface area contributed by atoms with E-state index in [2.05, 4.69) is 0 Å². The highest BCUT2D eigenvalue weighted by molar-refractivity contribution is 6.66. The van der Waals surface area contributed by atoms with Crippen LogP contribution in [-0.4, -0.2) is 49.1 Å². The van der Waals surface area contributed by atoms with Gasteiger partial charge in [-0.05, 0) is 55.4 Å². The van der Waals surface area contributed by atoms with Crippen LogP contribution in [0, 0.1) is 11.2 Å². The Labute approximate surface area is 187 Å². The van der Waals surface area contributed by atoms with Crippen molar-refractivity contribution in [2.24, 2.45) is 5.41 Å². The third kappa shape index (κ3) is 5.20. The first-order chi connectivity index (χ1) is 14.8. The van der Waals surface area contributed by atoms with Crippen LogP contribution in [0.3, 0.4) is 0 Å². The van der Waals surface area contributed by atoms with Crippen molar-refractivity contribution in [2.45, 2.75) is 39.1 Å². The topological polar surface area (TPSA) is 66.8 Å². The molecule has 1 unspecified atom stereocenters. The monoisotopic (exact) mass is 443 g/mol. The molecule has 2 aromatic carbocycles. The summed E-state index contributed by atoms with van der Waals surface area (Å²) in [6, 6.07) is 11.7. The van der Waals surface area contributed by atoms with Gasteiger partial charge in [-0.2, -0.15) is 0 Å². The standard InChI is InChI=1S/C22H25B2ClFNO4/c1-3-22(13-31-24(2)30)12-18(27(21(22)29)23-14-28)10-15-4-6-16(7-5-15)19-11-17(25)8-9-20(19)26/h4-9,11,14,18,23,30H,3,10,12-13H2,1-2H3/t18-,22?/m1/s1. The fourth-order valence-corrected chi connectivity index (χ4v) is 4.40. The molecule has 0 bridgehead atoms. The Balaban J connectivity index is 1.80. The quantitative estimate of drug-likeness (QED) is 0.477. The van der Waals surface area contributed by atoms with E-state index in [0.29, 0.717) is 35.4 Å². The van der Waals surface area contributed by atoms with E-state index in [1.165, 1.54) is 19.0 Å². The van der Waals surface area contributed by atoms with Gasteiger partial charge < -0.3 is 19.3 Å². The fraction of sp³-hybridized carbons (Fsp3) is 0.364. The van der Waals surface area contributed by atoms with Gasteiger partial charge in [0.2, 0.25) is 5.91 Å². The molecule has 1 amide bonds. The maximum absolute atomic E-state index is 14.2. The Morgan fingerprint density at radius 2 is 2.06 bits per heavy atom. The highest BCUT2D eigenvalue weighted by Gasteiger charge is 2.50. The second-order valence-corrected chi connectivity index (χ2v) is 8.49. The highest BCUT2D eigenvalue weighted by atomic mass is 35.5. The molecule has 1 aliphatic heterocycles. The second-order valence-electron chi connectivity index (χ2n) is 8.05. The molecule has 0 aliphatic carbocycles. The summed E-state index contributed by atoms with van der Waals surface area (Å²) < 4.78 is 19.5. The van der Waals surface area contributed by atoms with Crippen molar-refractivity contribution in [3.05, 3.63) is 58.9 Å². The van der Waals surface area contributed by atoms with Crippen molar-refractivity contribution < 1.29 is 23.7 Å². The van der Waals surface area contributed by atoms with E-state index < -0.39 is 12.5 Å². The third-order valence-corrected chi connectivity index (χ3v) is 6.23. The van der Waals surface area contributed by atoms with E-state index in [0.717, 1.165) is 11.7 Å². The number of carbonyl (C=O) groups excluding carboxylic acids is 2. The molecule has 0 radical (unpaired) electrons. The first kappa shape index (κ1) is 23.5. The maximum atomic E-state index is 14.2. The smallest absolute Gasteiger partial charge is 0.427 e. The van der Waals surface area contributed by atoms with Crippen LogP contribution >= 0.6 is 11.6 Å². The van der Waals surface area contributed by atoms with E-state index in [-0.39, 0.29) is 31.8 Å². The summed E-state index contributed by atoms with van der Waals surface area (Å²) in [6.45, 7) is 3.53. The van der Waals surface area contributed by atoms with Gasteiger partial charge in [0.1, 0.15) is 12.0 Å². The summed E-state index contributed by atoms with van der Waals surface area (Å²) in [5.41, 5.74) is 1.36. The predicted octanol–water partition coefficient (Wildman–Crippen LogP) is 3.35. The van der Waals surface area contributed by atoms with Crippen molar-refractivity contribution >= 4 is 38.2 Å². The van der Waals surface area contributed by atoms with Crippen molar-refractivity contribution in [1.82, 2.24) is 4.81 Å². The van der Waals surface area contributed by atoms with E-state index in [1.807, 2.05) is 31.2 Å². The van der Waals surface area contributed by atoms with Gasteiger partial charge in [0, 0.05) is 23.2 Å². The van der Waals surface area contributed by atoms with Gasteiger partial charge in [-0.15, -0.1) is 0 Å². The zero-order valence-electron chi connectivity index (χ0n) is 17.7. The SMILES string of the molecule is CCC1(COB(C)O)C[C@@H](Cc2ccc(-c3cc(Cl)ccc3F)cc2)N(BC=O)C1=O. The molecule has 1 heterocycles. The first-order valence-corrected chi connectivity index (χ1v) is 10.8. The van der Waals surface area contributed by atoms with Crippen molar-refractivity contribution in [3.63, 3.8) is 0 Å². The molecule has 2 atom stereocenters. The third-order valence-electron chi connectivity index (χ3n) is 6.00. The van der Waals surface area contributed by atoms with Gasteiger partial charge in [0.05, 0.1) is 5.41 Å². The molecule has 2 aromatic rings. The molecule has 0 aromatic heterocycles. The minimum Gasteiger partial charge on any atom is -0.427 e. The molecule has 162 valence electrons. The molecule has 0 spiro atoms. The molecular weight excluding hydrogens is 418 g/mol. The van der Waals surface area contributed by atoms with Crippen LogP contribution in [-0.2, 0) is 20.7 Å². The number of benzene rings is 2. The number of nitrogens with zero attached hydrogens (tertiary/aromatic N) is 1. The summed E-state index contributed by atoms with van der Waals surface area (Å²) >= 11 is 6.00. The zero-order chi connectivity index (χ0) is 22.6. The van der Waals surface area contributed by atoms with Crippen LogP contribution < -0.4 is 0 Å². The molecule has 1 fully saturated rings. The Kier molecular flexibility index (Phi) is 7.57. The van der Waals surface area contributed by atoms with Crippen LogP contribution in [0.4, 0.5) is 4.39 Å². The molecule has 3 rings (SSSR count). The molecule has 31 heavy (non-hydrogen) atoms. The number of rotatable bonds is 9. The summed E-state index contributed by atoms with van der Waals surface area (Å²) in [5, 5.41) is 9.96. The van der Waals surface area contributed by atoms with E-state index in [1.54, 1.807) is 10.9 Å². The van der Waals surface area contributed by atoms with Gasteiger partial charge in [0.15, 0.2) is 0 Å². The first-order valence-electron chi connectivity index (χ1n) is 10.4. The number of hydrogen-bond acceptors (Lipinski definition) is 4. The van der Waals surface area contributed by atoms with E-state index in [4.69, 9.17) is 16.3 Å². The summed E-state index contributed by atoms with van der Waals surface area (Å²) in [7, 11) is -0.944. The largest absolute Gasteiger partial charge is 0.450 e. The highest BCUT2D eigenvalue weighted by Crippen LogP contribution is 2.40. The van der Waals surface area contributed by atoms with Crippen molar-refractivity contribution in [3.8, 4) is 11.1 Å². The normalized spacial score (nSPS) is 20.7. The lowest BCUT2D eigenvalue weighted by molar-refractivity contribution is -0.134. The summed E-state index contributed by atoms with van der Waals surface area (Å²) in [6.07, 6.45) is 2.39. The average Bonchev–Trinajstić information content (AvgIpc) is 3.01. The van der Waals surface area contributed by atoms with Gasteiger partial charge in [-0.3, -0.25) is 4.79 Å². The minimum absolute atomic E-state index is 0.0196. The maximum Gasteiger partial charge on any atom is 0.450 e. The van der Waals surface area contributed by atoms with E-state index in [9.17, 15) is 19.0 Å². The molecule has 1 aliphatic rings. The lowest BCUT2D eigenvalue weighted by atomic mass is 9.81. The Morgan fingerprint density at radius 3 is 2.68 bits per heavy atom. The number of amides is 1. The lowest BCUT2D eigenvalue weighted by Gasteiger charge is -2.26. The Hall–Kier alpha value is -2.15. The molecule has 5 nitrogen and oxygen atoms in total. The molecule has 1 N–H and O–H groups in total. The molecule has 9 heteroatoms. The lowest BCUT2D eigenvalue weighted by Crippen LogP contribution is -2.42. The van der Waals surface area contributed by atoms with Gasteiger partial charge in [-0.1, -0.05) is 42.8 Å². The summed E-state index contributed by atoms with van der Waals surface area (Å²) in [5.74, 6) is -0.466. The second kappa shape index (κ2) is 9.98. The Morgan fingerprint density at radius 1 is 1.35 bits per heavy atom. The van der Waals surface area contributed by atoms with Crippen LogP contribution in [0.15, 0.2) is 42.5 Å². The van der Waals surface area contributed by atoms with Crippen LogP contribution in [0.2, 0.25) is 11.8 Å². The van der Waals surface area contributed by atoms with E-state index >= 15 is 0 Å². The zero-order valence-corrected chi connectivity index (χ0v) is 18.4. The number of carbonyl (C=O) groups is 2. The molecular formula is C22H25B2ClFNO4. The van der Waals surface area contributed by atoms with Crippen molar-refractivity contribution in [1.29, 1.82) is 0 Å². The van der Waals surface area contributed by atoms with Crippen LogP contribution in [0.5, 0.6) is 0 Å². The number of hydrogen-bond donors (Lipinski definition) is 1. The number of halogens is 2. The van der Waals surface area contributed by atoms with Gasteiger partial charge in [0.25, 0.3) is 0 Å².